The van der Waals surface area contributed by atoms with Crippen molar-refractivity contribution in [2.24, 2.45) is 0 Å². The fraction of sp³-hybridized carbons (Fsp3) is 0.238. The number of amides is 1. The molecule has 27 heavy (non-hydrogen) atoms. The van der Waals surface area contributed by atoms with Crippen molar-refractivity contribution in [3.8, 4) is 5.69 Å². The Morgan fingerprint density at radius 3 is 2.48 bits per heavy atom. The normalized spacial score (nSPS) is 14.4. The number of aromatic amines is 1. The lowest BCUT2D eigenvalue weighted by atomic mass is 10.3. The number of hydrogen-bond donors (Lipinski definition) is 2. The number of thioether (sulfide) groups is 1. The Morgan fingerprint density at radius 2 is 1.78 bits per heavy atom. The SMILES string of the molecule is O=C(Nc1ccc(SC2CCCC2)cc1)c1c[nH]c(=S)n1-c1ccccc1. The topological polar surface area (TPSA) is 49.8 Å². The van der Waals surface area contributed by atoms with Gasteiger partial charge in [-0.05, 0) is 61.5 Å². The molecular formula is C21H21N3OS2. The van der Waals surface area contributed by atoms with E-state index in [1.54, 1.807) is 10.8 Å². The van der Waals surface area contributed by atoms with Crippen LogP contribution in [0.5, 0.6) is 0 Å². The van der Waals surface area contributed by atoms with Gasteiger partial charge in [-0.1, -0.05) is 31.0 Å². The third-order valence-electron chi connectivity index (χ3n) is 4.74. The van der Waals surface area contributed by atoms with Gasteiger partial charge in [0, 0.05) is 27.7 Å². The van der Waals surface area contributed by atoms with Crippen LogP contribution in [0.1, 0.15) is 36.2 Å². The van der Waals surface area contributed by atoms with E-state index in [4.69, 9.17) is 12.2 Å². The Kier molecular flexibility index (Phi) is 5.45. The van der Waals surface area contributed by atoms with Crippen LogP contribution < -0.4 is 5.32 Å². The second kappa shape index (κ2) is 8.15. The summed E-state index contributed by atoms with van der Waals surface area (Å²) in [5, 5.41) is 3.70. The summed E-state index contributed by atoms with van der Waals surface area (Å²) in [6.45, 7) is 0. The first-order valence-electron chi connectivity index (χ1n) is 9.14. The van der Waals surface area contributed by atoms with Crippen LogP contribution in [0, 0.1) is 4.77 Å². The van der Waals surface area contributed by atoms with E-state index in [9.17, 15) is 4.79 Å². The highest BCUT2D eigenvalue weighted by Crippen LogP contribution is 2.35. The van der Waals surface area contributed by atoms with Crippen molar-refractivity contribution >= 4 is 35.6 Å². The number of rotatable bonds is 5. The summed E-state index contributed by atoms with van der Waals surface area (Å²) in [4.78, 5) is 17.0. The molecule has 2 N–H and O–H groups in total. The second-order valence-corrected chi connectivity index (χ2v) is 8.41. The molecule has 0 unspecified atom stereocenters. The number of benzene rings is 2. The molecule has 0 radical (unpaired) electrons. The highest BCUT2D eigenvalue weighted by Gasteiger charge is 2.17. The molecule has 6 heteroatoms. The minimum atomic E-state index is -0.192. The van der Waals surface area contributed by atoms with Crippen LogP contribution in [0.25, 0.3) is 5.69 Å². The van der Waals surface area contributed by atoms with Gasteiger partial charge in [0.05, 0.1) is 0 Å². The maximum Gasteiger partial charge on any atom is 0.274 e. The lowest BCUT2D eigenvalue weighted by Crippen LogP contribution is -2.16. The van der Waals surface area contributed by atoms with E-state index < -0.39 is 0 Å². The number of nitrogens with zero attached hydrogens (tertiary/aromatic N) is 1. The number of aromatic nitrogens is 2. The summed E-state index contributed by atoms with van der Waals surface area (Å²) in [7, 11) is 0. The van der Waals surface area contributed by atoms with Crippen LogP contribution in [0.4, 0.5) is 5.69 Å². The number of hydrogen-bond acceptors (Lipinski definition) is 3. The van der Waals surface area contributed by atoms with Crippen LogP contribution in [0.2, 0.25) is 0 Å². The first-order chi connectivity index (χ1) is 13.2. The Labute approximate surface area is 168 Å². The van der Waals surface area contributed by atoms with Crippen molar-refractivity contribution < 1.29 is 4.79 Å². The number of H-pyrrole nitrogens is 1. The Balaban J connectivity index is 1.49. The number of para-hydroxylation sites is 1. The zero-order valence-corrected chi connectivity index (χ0v) is 16.5. The summed E-state index contributed by atoms with van der Waals surface area (Å²) in [6.07, 6.45) is 6.94. The molecule has 138 valence electrons. The molecule has 0 atom stereocenters. The van der Waals surface area contributed by atoms with Crippen molar-refractivity contribution in [3.05, 3.63) is 71.3 Å². The fourth-order valence-electron chi connectivity index (χ4n) is 3.38. The number of nitrogens with one attached hydrogen (secondary N) is 2. The molecule has 1 amide bonds. The van der Waals surface area contributed by atoms with E-state index in [0.717, 1.165) is 16.6 Å². The van der Waals surface area contributed by atoms with E-state index in [2.05, 4.69) is 22.4 Å². The molecule has 0 spiro atoms. The lowest BCUT2D eigenvalue weighted by molar-refractivity contribution is 0.102. The summed E-state index contributed by atoms with van der Waals surface area (Å²) >= 11 is 7.29. The molecule has 0 saturated heterocycles. The Hall–Kier alpha value is -2.31. The van der Waals surface area contributed by atoms with Crippen LogP contribution in [-0.4, -0.2) is 20.7 Å². The number of imidazole rings is 1. The zero-order chi connectivity index (χ0) is 18.6. The monoisotopic (exact) mass is 395 g/mol. The molecule has 3 aromatic rings. The molecule has 4 nitrogen and oxygen atoms in total. The highest BCUT2D eigenvalue weighted by atomic mass is 32.2. The number of carbonyl (C=O) groups excluding carboxylic acids is 1. The highest BCUT2D eigenvalue weighted by molar-refractivity contribution is 8.00. The minimum absolute atomic E-state index is 0.192. The summed E-state index contributed by atoms with van der Waals surface area (Å²) in [5.41, 5.74) is 2.12. The second-order valence-electron chi connectivity index (χ2n) is 6.65. The first kappa shape index (κ1) is 18.1. The third kappa shape index (κ3) is 4.17. The van der Waals surface area contributed by atoms with Gasteiger partial charge >= 0.3 is 0 Å². The predicted octanol–water partition coefficient (Wildman–Crippen LogP) is 5.82. The van der Waals surface area contributed by atoms with Crippen LogP contribution >= 0.6 is 24.0 Å². The van der Waals surface area contributed by atoms with Crippen molar-refractivity contribution in [3.63, 3.8) is 0 Å². The molecule has 1 fully saturated rings. The van der Waals surface area contributed by atoms with E-state index in [1.807, 2.05) is 54.2 Å². The minimum Gasteiger partial charge on any atom is -0.336 e. The van der Waals surface area contributed by atoms with E-state index in [-0.39, 0.29) is 5.91 Å². The molecule has 4 rings (SSSR count). The molecule has 0 bridgehead atoms. The fourth-order valence-corrected chi connectivity index (χ4v) is 4.89. The van der Waals surface area contributed by atoms with Gasteiger partial charge in [0.1, 0.15) is 5.69 Å². The largest absolute Gasteiger partial charge is 0.336 e. The van der Waals surface area contributed by atoms with Crippen molar-refractivity contribution in [1.82, 2.24) is 9.55 Å². The van der Waals surface area contributed by atoms with E-state index in [1.165, 1.54) is 30.6 Å². The van der Waals surface area contributed by atoms with Crippen molar-refractivity contribution in [2.45, 2.75) is 35.8 Å². The quantitative estimate of drug-likeness (QED) is 0.535. The predicted molar refractivity (Wildman–Crippen MR) is 113 cm³/mol. The standard InChI is InChI=1S/C21H21N3OS2/c25-20(19-14-22-21(26)24(19)16-6-2-1-3-7-16)23-15-10-12-18(13-11-15)27-17-8-4-5-9-17/h1-3,6-7,10-14,17H,4-5,8-9H2,(H,22,26)(H,23,25). The molecular weight excluding hydrogens is 374 g/mol. The smallest absolute Gasteiger partial charge is 0.274 e. The van der Waals surface area contributed by atoms with Gasteiger partial charge in [-0.25, -0.2) is 0 Å². The molecule has 1 saturated carbocycles. The zero-order valence-electron chi connectivity index (χ0n) is 14.9. The number of anilines is 1. The van der Waals surface area contributed by atoms with Crippen LogP contribution in [0.15, 0.2) is 65.7 Å². The van der Waals surface area contributed by atoms with Gasteiger partial charge in [-0.3, -0.25) is 9.36 Å². The first-order valence-corrected chi connectivity index (χ1v) is 10.4. The average molecular weight is 396 g/mol. The third-order valence-corrected chi connectivity index (χ3v) is 6.39. The summed E-state index contributed by atoms with van der Waals surface area (Å²) in [6, 6.07) is 17.7. The van der Waals surface area contributed by atoms with Gasteiger partial charge in [-0.2, -0.15) is 0 Å². The van der Waals surface area contributed by atoms with E-state index >= 15 is 0 Å². The van der Waals surface area contributed by atoms with Gasteiger partial charge in [0.25, 0.3) is 5.91 Å². The van der Waals surface area contributed by atoms with Gasteiger partial charge < -0.3 is 10.3 Å². The molecule has 2 aromatic carbocycles. The Bertz CT molecular complexity index is 971. The molecule has 0 aliphatic heterocycles. The maximum atomic E-state index is 12.8. The van der Waals surface area contributed by atoms with Gasteiger partial charge in [-0.15, -0.1) is 11.8 Å². The molecule has 1 aliphatic rings. The van der Waals surface area contributed by atoms with Crippen molar-refractivity contribution in [1.29, 1.82) is 0 Å². The lowest BCUT2D eigenvalue weighted by Gasteiger charge is -2.11. The molecule has 1 aromatic heterocycles. The van der Waals surface area contributed by atoms with Gasteiger partial charge in [0.2, 0.25) is 0 Å². The van der Waals surface area contributed by atoms with Crippen LogP contribution in [-0.2, 0) is 0 Å². The molecule has 1 aliphatic carbocycles. The number of carbonyl (C=O) groups is 1. The van der Waals surface area contributed by atoms with Gasteiger partial charge in [0.15, 0.2) is 4.77 Å². The average Bonchev–Trinajstić information content (AvgIpc) is 3.33. The maximum absolute atomic E-state index is 12.8. The van der Waals surface area contributed by atoms with Crippen LogP contribution in [0.3, 0.4) is 0 Å². The summed E-state index contributed by atoms with van der Waals surface area (Å²) in [5.74, 6) is -0.192. The van der Waals surface area contributed by atoms with E-state index in [0.29, 0.717) is 10.5 Å². The Morgan fingerprint density at radius 1 is 1.07 bits per heavy atom. The van der Waals surface area contributed by atoms with Crippen molar-refractivity contribution in [2.75, 3.05) is 5.32 Å². The molecule has 1 heterocycles. The summed E-state index contributed by atoms with van der Waals surface area (Å²) < 4.78 is 2.24.